The van der Waals surface area contributed by atoms with Crippen LogP contribution >= 0.6 is 0 Å². The fourth-order valence-electron chi connectivity index (χ4n) is 1.09. The lowest BCUT2D eigenvalue weighted by Gasteiger charge is -2.05. The van der Waals surface area contributed by atoms with E-state index in [1.54, 1.807) is 12.1 Å². The molecule has 1 aromatic rings. The molecule has 0 aromatic heterocycles. The first-order valence-corrected chi connectivity index (χ1v) is 4.19. The molecule has 3 heteroatoms. The van der Waals surface area contributed by atoms with Crippen LogP contribution in [0.1, 0.15) is 12.0 Å². The molecule has 0 fully saturated rings. The zero-order valence-corrected chi connectivity index (χ0v) is 7.54. The lowest BCUT2D eigenvalue weighted by Crippen LogP contribution is -2.02. The van der Waals surface area contributed by atoms with Crippen molar-refractivity contribution in [2.24, 2.45) is 0 Å². The Morgan fingerprint density at radius 1 is 1.43 bits per heavy atom. The average Bonchev–Trinajstić information content (AvgIpc) is 2.14. The molecule has 0 aliphatic rings. The Balaban J connectivity index is 2.65. The molecule has 0 bridgehead atoms. The van der Waals surface area contributed by atoms with Gasteiger partial charge >= 0.3 is 6.61 Å². The monoisotopic (exact) mass is 196 g/mol. The molecule has 0 atom stereocenters. The number of alkyl halides is 2. The molecule has 0 unspecified atom stereocenters. The number of halogens is 2. The Kier molecular flexibility index (Phi) is 3.93. The van der Waals surface area contributed by atoms with Crippen LogP contribution in [0.4, 0.5) is 8.78 Å². The summed E-state index contributed by atoms with van der Waals surface area (Å²) in [5.41, 5.74) is 0.904. The summed E-state index contributed by atoms with van der Waals surface area (Å²) in [6.45, 7) is -2.78. The maximum Gasteiger partial charge on any atom is 0.387 e. The third-order valence-electron chi connectivity index (χ3n) is 1.68. The highest BCUT2D eigenvalue weighted by molar-refractivity contribution is 5.28. The minimum absolute atomic E-state index is 0.175. The third kappa shape index (κ3) is 3.44. The van der Waals surface area contributed by atoms with Gasteiger partial charge in [0.2, 0.25) is 0 Å². The lowest BCUT2D eigenvalue weighted by molar-refractivity contribution is -0.0498. The summed E-state index contributed by atoms with van der Waals surface area (Å²) in [4.78, 5) is 0. The molecule has 0 saturated heterocycles. The fourth-order valence-corrected chi connectivity index (χ4v) is 1.09. The van der Waals surface area contributed by atoms with E-state index in [4.69, 9.17) is 6.42 Å². The molecule has 0 amide bonds. The van der Waals surface area contributed by atoms with Gasteiger partial charge in [0.15, 0.2) is 0 Å². The largest absolute Gasteiger partial charge is 0.435 e. The van der Waals surface area contributed by atoms with Gasteiger partial charge in [-0.1, -0.05) is 12.1 Å². The number of hydrogen-bond donors (Lipinski definition) is 0. The smallest absolute Gasteiger partial charge is 0.387 e. The number of benzene rings is 1. The molecule has 0 saturated carbocycles. The first kappa shape index (κ1) is 10.5. The molecule has 0 N–H and O–H groups in total. The van der Waals surface area contributed by atoms with Gasteiger partial charge in [0, 0.05) is 6.42 Å². The van der Waals surface area contributed by atoms with Gasteiger partial charge in [0.1, 0.15) is 5.75 Å². The van der Waals surface area contributed by atoms with Gasteiger partial charge in [-0.15, -0.1) is 12.3 Å². The van der Waals surface area contributed by atoms with Crippen LogP contribution in [0.3, 0.4) is 0 Å². The molecule has 0 heterocycles. The van der Waals surface area contributed by atoms with Crippen LogP contribution in [0.2, 0.25) is 0 Å². The Hall–Kier alpha value is -1.56. The van der Waals surface area contributed by atoms with Crippen molar-refractivity contribution in [1.29, 1.82) is 0 Å². The number of aryl methyl sites for hydroxylation is 1. The van der Waals surface area contributed by atoms with Crippen molar-refractivity contribution in [1.82, 2.24) is 0 Å². The van der Waals surface area contributed by atoms with Crippen LogP contribution in [0.5, 0.6) is 5.75 Å². The van der Waals surface area contributed by atoms with Crippen LogP contribution in [0.15, 0.2) is 24.3 Å². The van der Waals surface area contributed by atoms with E-state index in [2.05, 4.69) is 10.7 Å². The molecule has 0 spiro atoms. The van der Waals surface area contributed by atoms with Crippen LogP contribution in [-0.2, 0) is 6.42 Å². The second kappa shape index (κ2) is 5.23. The van der Waals surface area contributed by atoms with E-state index in [1.165, 1.54) is 6.07 Å². The highest BCUT2D eigenvalue weighted by Crippen LogP contribution is 2.16. The molecule has 1 nitrogen and oxygen atoms in total. The zero-order chi connectivity index (χ0) is 10.4. The average molecular weight is 196 g/mol. The van der Waals surface area contributed by atoms with Crippen molar-refractivity contribution >= 4 is 0 Å². The predicted octanol–water partition coefficient (Wildman–Crippen LogP) is 2.85. The molecule has 0 radical (unpaired) electrons. The van der Waals surface area contributed by atoms with E-state index >= 15 is 0 Å². The van der Waals surface area contributed by atoms with E-state index in [0.29, 0.717) is 12.8 Å². The van der Waals surface area contributed by atoms with E-state index in [1.807, 2.05) is 6.07 Å². The summed E-state index contributed by atoms with van der Waals surface area (Å²) in [6.07, 6.45) is 6.37. The molecular formula is C11H10F2O. The highest BCUT2D eigenvalue weighted by atomic mass is 19.3. The van der Waals surface area contributed by atoms with Gasteiger partial charge in [-0.2, -0.15) is 8.78 Å². The van der Waals surface area contributed by atoms with Crippen molar-refractivity contribution < 1.29 is 13.5 Å². The maximum absolute atomic E-state index is 11.8. The molecule has 1 aromatic carbocycles. The number of hydrogen-bond acceptors (Lipinski definition) is 1. The summed E-state index contributed by atoms with van der Waals surface area (Å²) in [5, 5.41) is 0. The Bertz CT molecular complexity index is 328. The van der Waals surface area contributed by atoms with Crippen molar-refractivity contribution in [3.63, 3.8) is 0 Å². The van der Waals surface area contributed by atoms with Crippen molar-refractivity contribution in [2.75, 3.05) is 0 Å². The van der Waals surface area contributed by atoms with E-state index in [-0.39, 0.29) is 5.75 Å². The second-order valence-corrected chi connectivity index (χ2v) is 2.73. The molecule has 0 aliphatic carbocycles. The Morgan fingerprint density at radius 3 is 2.86 bits per heavy atom. The van der Waals surface area contributed by atoms with E-state index in [9.17, 15) is 8.78 Å². The summed E-state index contributed by atoms with van der Waals surface area (Å²) >= 11 is 0. The van der Waals surface area contributed by atoms with Crippen molar-refractivity contribution in [3.05, 3.63) is 29.8 Å². The summed E-state index contributed by atoms with van der Waals surface area (Å²) < 4.78 is 27.9. The number of rotatable bonds is 4. The summed E-state index contributed by atoms with van der Waals surface area (Å²) in [7, 11) is 0. The van der Waals surface area contributed by atoms with Crippen molar-refractivity contribution in [3.8, 4) is 18.1 Å². The van der Waals surface area contributed by atoms with Gasteiger partial charge in [0.25, 0.3) is 0 Å². The summed E-state index contributed by atoms with van der Waals surface area (Å²) in [5.74, 6) is 2.66. The van der Waals surface area contributed by atoms with Gasteiger partial charge in [-0.3, -0.25) is 0 Å². The van der Waals surface area contributed by atoms with Crippen LogP contribution in [-0.4, -0.2) is 6.61 Å². The van der Waals surface area contributed by atoms with Crippen LogP contribution in [0, 0.1) is 12.3 Å². The van der Waals surface area contributed by atoms with Crippen LogP contribution < -0.4 is 4.74 Å². The van der Waals surface area contributed by atoms with Crippen LogP contribution in [0.25, 0.3) is 0 Å². The SMILES string of the molecule is C#CCCc1cccc(OC(F)F)c1. The summed E-state index contributed by atoms with van der Waals surface area (Å²) in [6, 6.07) is 6.56. The van der Waals surface area contributed by atoms with Gasteiger partial charge < -0.3 is 4.74 Å². The number of terminal acetylenes is 1. The van der Waals surface area contributed by atoms with E-state index in [0.717, 1.165) is 5.56 Å². The van der Waals surface area contributed by atoms with E-state index < -0.39 is 6.61 Å². The second-order valence-electron chi connectivity index (χ2n) is 2.73. The standard InChI is InChI=1S/C11H10F2O/c1-2-3-5-9-6-4-7-10(8-9)14-11(12)13/h1,4,6-8,11H,3,5H2. The molecule has 74 valence electrons. The first-order chi connectivity index (χ1) is 6.72. The van der Waals surface area contributed by atoms with Gasteiger partial charge in [0.05, 0.1) is 0 Å². The zero-order valence-electron chi connectivity index (χ0n) is 7.54. The highest BCUT2D eigenvalue weighted by Gasteiger charge is 2.03. The van der Waals surface area contributed by atoms with Gasteiger partial charge in [-0.05, 0) is 24.1 Å². The topological polar surface area (TPSA) is 9.23 Å². The molecule has 14 heavy (non-hydrogen) atoms. The minimum Gasteiger partial charge on any atom is -0.435 e. The molecule has 1 rings (SSSR count). The number of ether oxygens (including phenoxy) is 1. The maximum atomic E-state index is 11.8. The molecular weight excluding hydrogens is 186 g/mol. The predicted molar refractivity (Wildman–Crippen MR) is 50.2 cm³/mol. The van der Waals surface area contributed by atoms with Gasteiger partial charge in [-0.25, -0.2) is 0 Å². The fraction of sp³-hybridized carbons (Fsp3) is 0.273. The molecule has 0 aliphatic heterocycles. The Labute approximate surface area is 81.7 Å². The minimum atomic E-state index is -2.78. The quantitative estimate of drug-likeness (QED) is 0.673. The normalized spacial score (nSPS) is 9.86. The first-order valence-electron chi connectivity index (χ1n) is 4.19. The Morgan fingerprint density at radius 2 is 2.21 bits per heavy atom. The third-order valence-corrected chi connectivity index (χ3v) is 1.68. The lowest BCUT2D eigenvalue weighted by atomic mass is 10.1. The van der Waals surface area contributed by atoms with Crippen molar-refractivity contribution in [2.45, 2.75) is 19.5 Å².